The Labute approximate surface area is 175 Å². The maximum absolute atomic E-state index is 12.6. The van der Waals surface area contributed by atoms with E-state index in [0.29, 0.717) is 17.0 Å². The highest BCUT2D eigenvalue weighted by Crippen LogP contribution is 2.36. The maximum Gasteiger partial charge on any atom is 0.341 e. The average molecular weight is 419 g/mol. The highest BCUT2D eigenvalue weighted by Gasteiger charge is 2.23. The molecular weight excluding hydrogens is 392 g/mol. The van der Waals surface area contributed by atoms with E-state index in [2.05, 4.69) is 10.6 Å². The van der Waals surface area contributed by atoms with Gasteiger partial charge in [-0.1, -0.05) is 50.6 Å². The third kappa shape index (κ3) is 6.14. The number of amides is 1. The first-order valence-corrected chi connectivity index (χ1v) is 10.4. The molecule has 0 spiro atoms. The predicted molar refractivity (Wildman–Crippen MR) is 119 cm³/mol. The predicted octanol–water partition coefficient (Wildman–Crippen LogP) is 5.15. The van der Waals surface area contributed by atoms with Crippen LogP contribution in [0.5, 0.6) is 0 Å². The Kier molecular flexibility index (Phi) is 7.32. The van der Waals surface area contributed by atoms with Gasteiger partial charge in [0.25, 0.3) is 0 Å². The SMILES string of the molecule is CCOC(=O)c1c(-c2ccc(C)cc2)csc1NC(=S)NC(=O)CC(C)(C)C. The van der Waals surface area contributed by atoms with Crippen molar-refractivity contribution in [2.24, 2.45) is 5.41 Å². The third-order valence-corrected chi connectivity index (χ3v) is 4.90. The van der Waals surface area contributed by atoms with E-state index in [0.717, 1.165) is 16.7 Å². The van der Waals surface area contributed by atoms with Crippen molar-refractivity contribution in [2.75, 3.05) is 11.9 Å². The second-order valence-electron chi connectivity index (χ2n) is 7.68. The second kappa shape index (κ2) is 9.30. The summed E-state index contributed by atoms with van der Waals surface area (Å²) < 4.78 is 5.24. The molecule has 0 unspecified atom stereocenters. The Hall–Kier alpha value is -2.25. The first-order valence-electron chi connectivity index (χ1n) is 9.07. The number of thiophene rings is 1. The number of hydrogen-bond acceptors (Lipinski definition) is 5. The summed E-state index contributed by atoms with van der Waals surface area (Å²) in [4.78, 5) is 24.7. The lowest BCUT2D eigenvalue weighted by Gasteiger charge is -2.17. The van der Waals surface area contributed by atoms with Crippen molar-refractivity contribution in [1.29, 1.82) is 0 Å². The lowest BCUT2D eigenvalue weighted by molar-refractivity contribution is -0.121. The Balaban J connectivity index is 2.26. The molecule has 1 aromatic heterocycles. The first kappa shape index (κ1) is 22.0. The summed E-state index contributed by atoms with van der Waals surface area (Å²) in [5.41, 5.74) is 3.11. The fraction of sp³-hybridized carbons (Fsp3) is 0.381. The number of rotatable bonds is 5. The summed E-state index contributed by atoms with van der Waals surface area (Å²) in [6, 6.07) is 7.92. The summed E-state index contributed by atoms with van der Waals surface area (Å²) in [7, 11) is 0. The zero-order valence-electron chi connectivity index (χ0n) is 16.8. The number of ether oxygens (including phenoxy) is 1. The summed E-state index contributed by atoms with van der Waals surface area (Å²) >= 11 is 6.61. The minimum Gasteiger partial charge on any atom is -0.462 e. The Morgan fingerprint density at radius 1 is 1.18 bits per heavy atom. The van der Waals surface area contributed by atoms with E-state index in [4.69, 9.17) is 17.0 Å². The molecule has 2 rings (SSSR count). The van der Waals surface area contributed by atoms with Crippen LogP contribution >= 0.6 is 23.6 Å². The van der Waals surface area contributed by atoms with Crippen molar-refractivity contribution in [2.45, 2.75) is 41.0 Å². The molecule has 0 atom stereocenters. The van der Waals surface area contributed by atoms with Crippen LogP contribution in [0.1, 0.15) is 50.0 Å². The lowest BCUT2D eigenvalue weighted by Crippen LogP contribution is -2.36. The molecule has 0 bridgehead atoms. The molecule has 0 saturated heterocycles. The van der Waals surface area contributed by atoms with Gasteiger partial charge in [-0.15, -0.1) is 11.3 Å². The van der Waals surface area contributed by atoms with Gasteiger partial charge in [0.15, 0.2) is 5.11 Å². The monoisotopic (exact) mass is 418 g/mol. The van der Waals surface area contributed by atoms with Crippen molar-refractivity contribution in [3.63, 3.8) is 0 Å². The fourth-order valence-corrected chi connectivity index (χ4v) is 3.83. The molecule has 2 N–H and O–H groups in total. The minimum absolute atomic E-state index is 0.142. The topological polar surface area (TPSA) is 67.4 Å². The second-order valence-corrected chi connectivity index (χ2v) is 8.97. The number of benzene rings is 1. The molecule has 1 heterocycles. The molecule has 0 fully saturated rings. The summed E-state index contributed by atoms with van der Waals surface area (Å²) in [5.74, 6) is -0.594. The van der Waals surface area contributed by atoms with Gasteiger partial charge >= 0.3 is 5.97 Å². The van der Waals surface area contributed by atoms with E-state index >= 15 is 0 Å². The number of nitrogens with one attached hydrogen (secondary N) is 2. The van der Waals surface area contributed by atoms with E-state index in [1.54, 1.807) is 6.92 Å². The van der Waals surface area contributed by atoms with Crippen LogP contribution in [0.25, 0.3) is 11.1 Å². The number of anilines is 1. The Morgan fingerprint density at radius 3 is 2.39 bits per heavy atom. The zero-order chi connectivity index (χ0) is 20.9. The van der Waals surface area contributed by atoms with Gasteiger partial charge in [0.05, 0.1) is 6.61 Å². The molecule has 1 amide bonds. The summed E-state index contributed by atoms with van der Waals surface area (Å²) in [6.07, 6.45) is 0.346. The molecule has 1 aromatic carbocycles. The maximum atomic E-state index is 12.6. The van der Waals surface area contributed by atoms with Crippen LogP contribution in [0, 0.1) is 12.3 Å². The molecule has 5 nitrogen and oxygen atoms in total. The fourth-order valence-electron chi connectivity index (χ4n) is 2.59. The summed E-state index contributed by atoms with van der Waals surface area (Å²) in [5, 5.41) is 8.26. The van der Waals surface area contributed by atoms with Crippen LogP contribution in [0.2, 0.25) is 0 Å². The van der Waals surface area contributed by atoms with Crippen LogP contribution in [-0.2, 0) is 9.53 Å². The van der Waals surface area contributed by atoms with Crippen molar-refractivity contribution in [1.82, 2.24) is 5.32 Å². The first-order chi connectivity index (χ1) is 13.1. The average Bonchev–Trinajstić information content (AvgIpc) is 2.97. The molecule has 150 valence electrons. The molecule has 7 heteroatoms. The van der Waals surface area contributed by atoms with Crippen LogP contribution in [0.15, 0.2) is 29.6 Å². The van der Waals surface area contributed by atoms with Gasteiger partial charge in [-0.3, -0.25) is 4.79 Å². The summed E-state index contributed by atoms with van der Waals surface area (Å²) in [6.45, 7) is 9.99. The van der Waals surface area contributed by atoms with Gasteiger partial charge in [-0.25, -0.2) is 4.79 Å². The molecule has 0 aliphatic carbocycles. The largest absolute Gasteiger partial charge is 0.462 e. The van der Waals surface area contributed by atoms with Crippen LogP contribution < -0.4 is 10.6 Å². The molecule has 2 aromatic rings. The molecule has 0 aliphatic heterocycles. The number of carbonyl (C=O) groups excluding carboxylic acids is 2. The lowest BCUT2D eigenvalue weighted by atomic mass is 9.92. The normalized spacial score (nSPS) is 11.0. The highest BCUT2D eigenvalue weighted by atomic mass is 32.1. The van der Waals surface area contributed by atoms with E-state index in [-0.39, 0.29) is 23.0 Å². The van der Waals surface area contributed by atoms with Crippen molar-refractivity contribution in [3.8, 4) is 11.1 Å². The van der Waals surface area contributed by atoms with Gasteiger partial charge < -0.3 is 15.4 Å². The number of esters is 1. The van der Waals surface area contributed by atoms with Gasteiger partial charge in [-0.05, 0) is 37.0 Å². The van der Waals surface area contributed by atoms with Gasteiger partial charge in [0.1, 0.15) is 10.6 Å². The molecule has 0 saturated carbocycles. The van der Waals surface area contributed by atoms with Crippen LogP contribution in [0.4, 0.5) is 5.00 Å². The number of thiocarbonyl (C=S) groups is 1. The van der Waals surface area contributed by atoms with E-state index in [1.165, 1.54) is 11.3 Å². The van der Waals surface area contributed by atoms with Crippen LogP contribution in [0.3, 0.4) is 0 Å². The minimum atomic E-state index is -0.425. The molecule has 0 radical (unpaired) electrons. The van der Waals surface area contributed by atoms with Crippen molar-refractivity contribution in [3.05, 3.63) is 40.8 Å². The van der Waals surface area contributed by atoms with Crippen molar-refractivity contribution >= 4 is 45.5 Å². The number of aryl methyl sites for hydroxylation is 1. The zero-order valence-corrected chi connectivity index (χ0v) is 18.5. The number of hydrogen-bond donors (Lipinski definition) is 2. The van der Waals surface area contributed by atoms with Gasteiger partial charge in [0.2, 0.25) is 5.91 Å². The van der Waals surface area contributed by atoms with Gasteiger partial charge in [-0.2, -0.15) is 0 Å². The molecular formula is C21H26N2O3S2. The third-order valence-electron chi connectivity index (χ3n) is 3.80. The van der Waals surface area contributed by atoms with E-state index < -0.39 is 5.97 Å². The molecule has 28 heavy (non-hydrogen) atoms. The quantitative estimate of drug-likeness (QED) is 0.519. The Morgan fingerprint density at radius 2 is 1.82 bits per heavy atom. The standard InChI is InChI=1S/C21H26N2O3S2/c1-6-26-19(25)17-15(14-9-7-13(2)8-10-14)12-28-18(17)23-20(27)22-16(24)11-21(3,4)5/h7-10,12H,6,11H2,1-5H3,(H2,22,23,24,27). The van der Waals surface area contributed by atoms with Crippen LogP contribution in [-0.4, -0.2) is 23.6 Å². The Bertz CT molecular complexity index is 865. The van der Waals surface area contributed by atoms with Gasteiger partial charge in [0, 0.05) is 17.4 Å². The highest BCUT2D eigenvalue weighted by molar-refractivity contribution is 7.80. The van der Waals surface area contributed by atoms with E-state index in [9.17, 15) is 9.59 Å². The number of carbonyl (C=O) groups is 2. The van der Waals surface area contributed by atoms with Crippen molar-refractivity contribution < 1.29 is 14.3 Å². The smallest absolute Gasteiger partial charge is 0.341 e. The van der Waals surface area contributed by atoms with E-state index in [1.807, 2.05) is 57.3 Å². The molecule has 0 aliphatic rings.